The molecule has 0 bridgehead atoms. The molecule has 78 valence electrons. The van der Waals surface area contributed by atoms with Gasteiger partial charge in [-0.05, 0) is 31.2 Å². The number of rotatable bonds is 3. The second-order valence-corrected chi connectivity index (χ2v) is 2.46. The van der Waals surface area contributed by atoms with Crippen LogP contribution in [0.25, 0.3) is 0 Å². The van der Waals surface area contributed by atoms with E-state index in [0.717, 1.165) is 0 Å². The normalized spacial score (nSPS) is 9.43. The standard InChI is InChI=1S/C9H8F2O2.CH4/c1-6(12)7-2-4-8(5-3-7)13-9(10)11;/h2-5,9H,1H3;1H4. The zero-order valence-electron chi connectivity index (χ0n) is 6.96. The van der Waals surface area contributed by atoms with E-state index in [2.05, 4.69) is 4.74 Å². The first-order valence-corrected chi connectivity index (χ1v) is 3.65. The Morgan fingerprint density at radius 2 is 1.79 bits per heavy atom. The van der Waals surface area contributed by atoms with Crippen LogP contribution in [-0.4, -0.2) is 12.4 Å². The first kappa shape index (κ1) is 12.6. The molecule has 1 aromatic rings. The van der Waals surface area contributed by atoms with Gasteiger partial charge in [0.05, 0.1) is 0 Å². The van der Waals surface area contributed by atoms with Crippen LogP contribution in [0, 0.1) is 0 Å². The highest BCUT2D eigenvalue weighted by Gasteiger charge is 2.04. The molecule has 0 unspecified atom stereocenters. The number of carbonyl (C=O) groups is 1. The van der Waals surface area contributed by atoms with Crippen molar-refractivity contribution in [3.8, 4) is 5.75 Å². The third-order valence-corrected chi connectivity index (χ3v) is 1.49. The fourth-order valence-corrected chi connectivity index (χ4v) is 0.871. The minimum absolute atomic E-state index is 0. The van der Waals surface area contributed by atoms with E-state index in [1.54, 1.807) is 0 Å². The van der Waals surface area contributed by atoms with Gasteiger partial charge in [0, 0.05) is 5.56 Å². The van der Waals surface area contributed by atoms with Crippen LogP contribution in [0.2, 0.25) is 0 Å². The Morgan fingerprint density at radius 3 is 2.14 bits per heavy atom. The number of hydrogen-bond donors (Lipinski definition) is 0. The predicted octanol–water partition coefficient (Wildman–Crippen LogP) is 3.13. The van der Waals surface area contributed by atoms with Crippen LogP contribution in [0.3, 0.4) is 0 Å². The highest BCUT2D eigenvalue weighted by molar-refractivity contribution is 5.94. The number of ketones is 1. The Hall–Kier alpha value is -1.45. The molecule has 2 nitrogen and oxygen atoms in total. The summed E-state index contributed by atoms with van der Waals surface area (Å²) in [4.78, 5) is 10.8. The summed E-state index contributed by atoms with van der Waals surface area (Å²) in [6, 6.07) is 5.56. The molecule has 0 aliphatic carbocycles. The SMILES string of the molecule is C.CC(=O)c1ccc(OC(F)F)cc1. The topological polar surface area (TPSA) is 26.3 Å². The lowest BCUT2D eigenvalue weighted by molar-refractivity contribution is -0.0498. The van der Waals surface area contributed by atoms with Crippen LogP contribution in [0.5, 0.6) is 5.75 Å². The van der Waals surface area contributed by atoms with Crippen molar-refractivity contribution in [2.24, 2.45) is 0 Å². The highest BCUT2D eigenvalue weighted by Crippen LogP contribution is 2.14. The third kappa shape index (κ3) is 3.51. The lowest BCUT2D eigenvalue weighted by Crippen LogP contribution is -2.02. The number of benzene rings is 1. The van der Waals surface area contributed by atoms with Crippen molar-refractivity contribution in [3.63, 3.8) is 0 Å². The molecule has 14 heavy (non-hydrogen) atoms. The number of Topliss-reactive ketones (excluding diaryl/α,β-unsaturated/α-hetero) is 1. The predicted molar refractivity (Wildman–Crippen MR) is 49.8 cm³/mol. The van der Waals surface area contributed by atoms with Gasteiger partial charge in [-0.1, -0.05) is 7.43 Å². The first-order valence-electron chi connectivity index (χ1n) is 3.65. The minimum Gasteiger partial charge on any atom is -0.435 e. The molecule has 0 spiro atoms. The van der Waals surface area contributed by atoms with Gasteiger partial charge in [0.15, 0.2) is 5.78 Å². The molecule has 0 saturated carbocycles. The molecular formula is C10H12F2O2. The molecule has 0 N–H and O–H groups in total. The van der Waals surface area contributed by atoms with Gasteiger partial charge in [-0.15, -0.1) is 0 Å². The Bertz CT molecular complexity index is 293. The quantitative estimate of drug-likeness (QED) is 0.704. The number of carbonyl (C=O) groups excluding carboxylic acids is 1. The maximum absolute atomic E-state index is 11.7. The van der Waals surface area contributed by atoms with E-state index in [0.29, 0.717) is 5.56 Å². The van der Waals surface area contributed by atoms with Gasteiger partial charge in [-0.2, -0.15) is 8.78 Å². The molecule has 0 heterocycles. The van der Waals surface area contributed by atoms with Crippen molar-refractivity contribution in [2.45, 2.75) is 21.0 Å². The molecule has 0 aliphatic rings. The van der Waals surface area contributed by atoms with Crippen molar-refractivity contribution in [2.75, 3.05) is 0 Å². The van der Waals surface area contributed by atoms with Gasteiger partial charge in [0.2, 0.25) is 0 Å². The van der Waals surface area contributed by atoms with Crippen molar-refractivity contribution in [1.29, 1.82) is 0 Å². The molecule has 0 radical (unpaired) electrons. The van der Waals surface area contributed by atoms with Gasteiger partial charge in [0.25, 0.3) is 0 Å². The number of hydrogen-bond acceptors (Lipinski definition) is 2. The fraction of sp³-hybridized carbons (Fsp3) is 0.300. The molecule has 1 aromatic carbocycles. The monoisotopic (exact) mass is 202 g/mol. The summed E-state index contributed by atoms with van der Waals surface area (Å²) in [5, 5.41) is 0. The summed E-state index contributed by atoms with van der Waals surface area (Å²) in [6.07, 6.45) is 0. The molecular weight excluding hydrogens is 190 g/mol. The number of ether oxygens (including phenoxy) is 1. The van der Waals surface area contributed by atoms with E-state index in [-0.39, 0.29) is 19.0 Å². The lowest BCUT2D eigenvalue weighted by Gasteiger charge is -2.03. The van der Waals surface area contributed by atoms with E-state index >= 15 is 0 Å². The molecule has 4 heteroatoms. The first-order chi connectivity index (χ1) is 6.09. The summed E-state index contributed by atoms with van der Waals surface area (Å²) in [7, 11) is 0. The summed E-state index contributed by atoms with van der Waals surface area (Å²) < 4.78 is 27.5. The maximum Gasteiger partial charge on any atom is 0.387 e. The van der Waals surface area contributed by atoms with Crippen LogP contribution in [-0.2, 0) is 0 Å². The molecule has 0 aliphatic heterocycles. The average molecular weight is 202 g/mol. The van der Waals surface area contributed by atoms with Gasteiger partial charge in [-0.3, -0.25) is 4.79 Å². The van der Waals surface area contributed by atoms with E-state index < -0.39 is 6.61 Å². The smallest absolute Gasteiger partial charge is 0.387 e. The number of alkyl halides is 2. The van der Waals surface area contributed by atoms with E-state index in [9.17, 15) is 13.6 Å². The van der Waals surface area contributed by atoms with E-state index in [1.165, 1.54) is 31.2 Å². The lowest BCUT2D eigenvalue weighted by atomic mass is 10.1. The zero-order valence-corrected chi connectivity index (χ0v) is 6.96. The van der Waals surface area contributed by atoms with Crippen molar-refractivity contribution in [3.05, 3.63) is 29.8 Å². The maximum atomic E-state index is 11.7. The Labute approximate surface area is 81.5 Å². The van der Waals surface area contributed by atoms with Gasteiger partial charge >= 0.3 is 6.61 Å². The molecule has 1 rings (SSSR count). The summed E-state index contributed by atoms with van der Waals surface area (Å²) >= 11 is 0. The van der Waals surface area contributed by atoms with E-state index in [4.69, 9.17) is 0 Å². The van der Waals surface area contributed by atoms with Crippen LogP contribution < -0.4 is 4.74 Å². The van der Waals surface area contributed by atoms with Crippen LogP contribution in [0.1, 0.15) is 24.7 Å². The van der Waals surface area contributed by atoms with Crippen molar-refractivity contribution < 1.29 is 18.3 Å². The van der Waals surface area contributed by atoms with Crippen molar-refractivity contribution >= 4 is 5.78 Å². The highest BCUT2D eigenvalue weighted by atomic mass is 19.3. The van der Waals surface area contributed by atoms with Crippen LogP contribution >= 0.6 is 0 Å². The molecule has 0 aromatic heterocycles. The Kier molecular flexibility index (Phi) is 4.77. The molecule has 0 fully saturated rings. The van der Waals surface area contributed by atoms with Gasteiger partial charge in [-0.25, -0.2) is 0 Å². The molecule has 0 saturated heterocycles. The summed E-state index contributed by atoms with van der Waals surface area (Å²) in [5.41, 5.74) is 0.474. The fourth-order valence-electron chi connectivity index (χ4n) is 0.871. The Morgan fingerprint density at radius 1 is 1.29 bits per heavy atom. The number of halogens is 2. The molecule has 0 amide bonds. The largest absolute Gasteiger partial charge is 0.435 e. The molecule has 0 atom stereocenters. The minimum atomic E-state index is -2.83. The van der Waals surface area contributed by atoms with Crippen molar-refractivity contribution in [1.82, 2.24) is 0 Å². The van der Waals surface area contributed by atoms with Gasteiger partial charge < -0.3 is 4.74 Å². The zero-order chi connectivity index (χ0) is 9.84. The van der Waals surface area contributed by atoms with Gasteiger partial charge in [0.1, 0.15) is 5.75 Å². The van der Waals surface area contributed by atoms with E-state index in [1.807, 2.05) is 0 Å². The van der Waals surface area contributed by atoms with Crippen LogP contribution in [0.4, 0.5) is 8.78 Å². The second kappa shape index (κ2) is 5.32. The second-order valence-electron chi connectivity index (χ2n) is 2.46. The van der Waals surface area contributed by atoms with Crippen LogP contribution in [0.15, 0.2) is 24.3 Å². The summed E-state index contributed by atoms with van der Waals surface area (Å²) in [5.74, 6) is -0.0522. The Balaban J connectivity index is 0.00000169. The summed E-state index contributed by atoms with van der Waals surface area (Å²) in [6.45, 7) is -1.42. The third-order valence-electron chi connectivity index (χ3n) is 1.49. The average Bonchev–Trinajstić information content (AvgIpc) is 2.04.